The summed E-state index contributed by atoms with van der Waals surface area (Å²) in [5, 5.41) is 14.2. The summed E-state index contributed by atoms with van der Waals surface area (Å²) in [5.74, 6) is 0. The number of ether oxygens (including phenoxy) is 6. The third-order valence-corrected chi connectivity index (χ3v) is 10.2. The zero-order valence-corrected chi connectivity index (χ0v) is 34.1. The van der Waals surface area contributed by atoms with Gasteiger partial charge in [0.15, 0.2) is 0 Å². The third-order valence-electron chi connectivity index (χ3n) is 10.2. The Morgan fingerprint density at radius 2 is 0.679 bits per heavy atom. The highest BCUT2D eigenvalue weighted by atomic mass is 16.5. The molecule has 14 heteroatoms. The summed E-state index contributed by atoms with van der Waals surface area (Å²) in [6.45, 7) is 24.4. The van der Waals surface area contributed by atoms with Crippen LogP contribution in [0.1, 0.15) is 11.1 Å². The van der Waals surface area contributed by atoms with Crippen molar-refractivity contribution < 1.29 is 28.4 Å². The molecule has 2 aromatic rings. The van der Waals surface area contributed by atoms with Crippen LogP contribution in [-0.2, 0) is 41.5 Å². The van der Waals surface area contributed by atoms with E-state index in [9.17, 15) is 0 Å². The van der Waals surface area contributed by atoms with Crippen molar-refractivity contribution >= 4 is 11.4 Å². The molecule has 14 nitrogen and oxygen atoms in total. The summed E-state index contributed by atoms with van der Waals surface area (Å²) in [6, 6.07) is 18.0. The number of benzene rings is 2. The predicted molar refractivity (Wildman–Crippen MR) is 224 cm³/mol. The summed E-state index contributed by atoms with van der Waals surface area (Å²) in [4.78, 5) is 9.91. The van der Waals surface area contributed by atoms with Gasteiger partial charge in [-0.25, -0.2) is 0 Å². The van der Waals surface area contributed by atoms with E-state index in [1.807, 2.05) is 0 Å². The molecular weight excluding hydrogens is 713 g/mol. The van der Waals surface area contributed by atoms with Crippen LogP contribution in [0.15, 0.2) is 48.5 Å². The predicted octanol–water partition coefficient (Wildman–Crippen LogP) is 1.10. The molecular formula is C42H72N8O6. The van der Waals surface area contributed by atoms with Gasteiger partial charge in [0.05, 0.1) is 79.3 Å². The lowest BCUT2D eigenvalue weighted by Gasteiger charge is -2.28. The van der Waals surface area contributed by atoms with Crippen molar-refractivity contribution in [3.05, 3.63) is 59.7 Å². The van der Waals surface area contributed by atoms with E-state index in [0.29, 0.717) is 79.3 Å². The van der Waals surface area contributed by atoms with Gasteiger partial charge in [-0.05, 0) is 35.4 Å². The highest BCUT2D eigenvalue weighted by Gasteiger charge is 2.14. The lowest BCUT2D eigenvalue weighted by atomic mass is 10.1. The molecule has 0 unspecified atom stereocenters. The Labute approximate surface area is 336 Å². The van der Waals surface area contributed by atoms with Crippen LogP contribution in [0.2, 0.25) is 0 Å². The average molecular weight is 785 g/mol. The average Bonchev–Trinajstić information content (AvgIpc) is 3.23. The van der Waals surface area contributed by atoms with E-state index in [0.717, 1.165) is 118 Å². The van der Waals surface area contributed by atoms with Gasteiger partial charge in [0.25, 0.3) is 0 Å². The maximum atomic E-state index is 5.95. The SMILES string of the molecule is c1cc(CN2CCNCCN(Cc3cccc(N4CCOCCNCCOCCOCC4)c3)CCNCC2)cc(N2CCOCCNCCOCCOCC2)c1. The van der Waals surface area contributed by atoms with E-state index in [-0.39, 0.29) is 0 Å². The molecule has 316 valence electrons. The van der Waals surface area contributed by atoms with Gasteiger partial charge < -0.3 is 59.5 Å². The Kier molecular flexibility index (Phi) is 23.0. The van der Waals surface area contributed by atoms with Gasteiger partial charge in [0.2, 0.25) is 0 Å². The molecule has 3 fully saturated rings. The third kappa shape index (κ3) is 18.9. The smallest absolute Gasteiger partial charge is 0.0701 e. The zero-order valence-electron chi connectivity index (χ0n) is 34.1. The Bertz CT molecular complexity index is 1140. The van der Waals surface area contributed by atoms with Crippen LogP contribution in [0.3, 0.4) is 0 Å². The standard InChI is InChI=1S/C42H72N8O6/c1-3-39(35-41(5-1)49-19-27-51-23-11-45-13-25-53-31-33-55-29-21-49)37-47-15-7-43-9-17-48(18-10-44-8-16-47)38-40-4-2-6-42(36-40)50-20-28-52-24-12-46-14-26-54-32-34-56-30-22-50/h1-6,35-36,43-46H,7-34,37-38H2. The van der Waals surface area contributed by atoms with Gasteiger partial charge >= 0.3 is 0 Å². The topological polar surface area (TPSA) is 116 Å². The number of nitrogens with one attached hydrogen (secondary N) is 4. The minimum absolute atomic E-state index is 0.620. The molecule has 0 spiro atoms. The quantitative estimate of drug-likeness (QED) is 0.336. The first kappa shape index (κ1) is 44.7. The van der Waals surface area contributed by atoms with Crippen molar-refractivity contribution in [1.29, 1.82) is 0 Å². The summed E-state index contributed by atoms with van der Waals surface area (Å²) >= 11 is 0. The zero-order chi connectivity index (χ0) is 38.6. The van der Waals surface area contributed by atoms with Crippen LogP contribution >= 0.6 is 0 Å². The van der Waals surface area contributed by atoms with Gasteiger partial charge in [-0.3, -0.25) is 9.80 Å². The molecule has 2 aromatic carbocycles. The number of anilines is 2. The van der Waals surface area contributed by atoms with Gasteiger partial charge in [0.1, 0.15) is 0 Å². The first-order valence-electron chi connectivity index (χ1n) is 21.3. The van der Waals surface area contributed by atoms with Crippen LogP contribution in [0, 0.1) is 0 Å². The molecule has 0 bridgehead atoms. The fourth-order valence-electron chi connectivity index (χ4n) is 7.07. The highest BCUT2D eigenvalue weighted by molar-refractivity contribution is 5.49. The summed E-state index contributed by atoms with van der Waals surface area (Å²) in [6.07, 6.45) is 0. The lowest BCUT2D eigenvalue weighted by Crippen LogP contribution is -2.42. The summed E-state index contributed by atoms with van der Waals surface area (Å²) < 4.78 is 35.0. The molecule has 0 atom stereocenters. The van der Waals surface area contributed by atoms with Gasteiger partial charge in [-0.15, -0.1) is 0 Å². The second-order valence-electron chi connectivity index (χ2n) is 14.5. The van der Waals surface area contributed by atoms with Crippen molar-refractivity contribution in [3.8, 4) is 0 Å². The molecule has 3 saturated heterocycles. The minimum Gasteiger partial charge on any atom is -0.378 e. The van der Waals surface area contributed by atoms with Crippen LogP contribution in [0.25, 0.3) is 0 Å². The molecule has 3 aliphatic heterocycles. The molecule has 3 aliphatic rings. The molecule has 4 N–H and O–H groups in total. The maximum Gasteiger partial charge on any atom is 0.0701 e. The van der Waals surface area contributed by atoms with Crippen LogP contribution in [-0.4, -0.2) is 194 Å². The Balaban J connectivity index is 1.08. The molecule has 0 amide bonds. The van der Waals surface area contributed by atoms with Crippen molar-refractivity contribution in [3.63, 3.8) is 0 Å². The van der Waals surface area contributed by atoms with Crippen molar-refractivity contribution in [2.75, 3.05) is 194 Å². The Hall–Kier alpha value is -2.44. The van der Waals surface area contributed by atoms with E-state index in [4.69, 9.17) is 28.4 Å². The number of rotatable bonds is 6. The minimum atomic E-state index is 0.620. The molecule has 0 aliphatic carbocycles. The summed E-state index contributed by atoms with van der Waals surface area (Å²) in [7, 11) is 0. The van der Waals surface area contributed by atoms with Gasteiger partial charge in [-0.1, -0.05) is 24.3 Å². The van der Waals surface area contributed by atoms with E-state index >= 15 is 0 Å². The molecule has 5 rings (SSSR count). The lowest BCUT2D eigenvalue weighted by molar-refractivity contribution is 0.0516. The fourth-order valence-corrected chi connectivity index (χ4v) is 7.07. The van der Waals surface area contributed by atoms with Crippen molar-refractivity contribution in [2.45, 2.75) is 13.1 Å². The van der Waals surface area contributed by atoms with Gasteiger partial charge in [-0.2, -0.15) is 0 Å². The van der Waals surface area contributed by atoms with Crippen LogP contribution in [0.4, 0.5) is 11.4 Å². The van der Waals surface area contributed by atoms with Crippen LogP contribution in [0.5, 0.6) is 0 Å². The van der Waals surface area contributed by atoms with Crippen LogP contribution < -0.4 is 31.1 Å². The summed E-state index contributed by atoms with van der Waals surface area (Å²) in [5.41, 5.74) is 5.11. The molecule has 56 heavy (non-hydrogen) atoms. The molecule has 0 radical (unpaired) electrons. The normalized spacial score (nSPS) is 22.4. The first-order chi connectivity index (χ1) is 27.8. The van der Waals surface area contributed by atoms with E-state index < -0.39 is 0 Å². The monoisotopic (exact) mass is 785 g/mol. The fraction of sp³-hybridized carbons (Fsp3) is 0.714. The largest absolute Gasteiger partial charge is 0.378 e. The van der Waals surface area contributed by atoms with E-state index in [2.05, 4.69) is 89.4 Å². The van der Waals surface area contributed by atoms with Crippen molar-refractivity contribution in [1.82, 2.24) is 31.1 Å². The molecule has 3 heterocycles. The van der Waals surface area contributed by atoms with E-state index in [1.54, 1.807) is 0 Å². The Morgan fingerprint density at radius 1 is 0.357 bits per heavy atom. The number of hydrogen-bond acceptors (Lipinski definition) is 14. The van der Waals surface area contributed by atoms with Gasteiger partial charge in [0, 0.05) is 129 Å². The first-order valence-corrected chi connectivity index (χ1v) is 21.3. The number of nitrogens with zero attached hydrogens (tertiary/aromatic N) is 4. The second kappa shape index (κ2) is 28.9. The second-order valence-corrected chi connectivity index (χ2v) is 14.5. The molecule has 0 saturated carbocycles. The maximum absolute atomic E-state index is 5.95. The number of hydrogen-bond donors (Lipinski definition) is 4. The van der Waals surface area contributed by atoms with Crippen molar-refractivity contribution in [2.24, 2.45) is 0 Å². The van der Waals surface area contributed by atoms with E-state index in [1.165, 1.54) is 22.5 Å². The Morgan fingerprint density at radius 3 is 1.05 bits per heavy atom. The molecule has 0 aromatic heterocycles. The highest BCUT2D eigenvalue weighted by Crippen LogP contribution is 2.19.